The lowest BCUT2D eigenvalue weighted by molar-refractivity contribution is 0.414. The van der Waals surface area contributed by atoms with Crippen molar-refractivity contribution in [2.45, 2.75) is 30.0 Å². The maximum Gasteiger partial charge on any atom is 0.119 e. The summed E-state index contributed by atoms with van der Waals surface area (Å²) in [7, 11) is 1.72. The number of methoxy groups -OCH3 is 1. The fraction of sp³-hybridized carbons (Fsp3) is 0.500. The Kier molecular flexibility index (Phi) is 3.12. The minimum atomic E-state index is 0.648. The van der Waals surface area contributed by atoms with Crippen molar-refractivity contribution in [1.29, 1.82) is 0 Å². The Hall–Kier alpha value is -0.500. The highest BCUT2D eigenvalue weighted by Gasteiger charge is 2.26. The van der Waals surface area contributed by atoms with Crippen molar-refractivity contribution in [2.24, 2.45) is 0 Å². The Morgan fingerprint density at radius 3 is 2.86 bits per heavy atom. The molecule has 1 aliphatic carbocycles. The van der Waals surface area contributed by atoms with Gasteiger partial charge in [-0.05, 0) is 36.5 Å². The number of alkyl halides is 1. The first kappa shape index (κ1) is 10.0. The normalized spacial score (nSPS) is 26.4. The van der Waals surface area contributed by atoms with Crippen molar-refractivity contribution >= 4 is 15.9 Å². The van der Waals surface area contributed by atoms with Crippen LogP contribution < -0.4 is 4.74 Å². The molecular weight excluding hydrogens is 240 g/mol. The molecule has 14 heavy (non-hydrogen) atoms. The highest BCUT2D eigenvalue weighted by molar-refractivity contribution is 9.09. The molecule has 2 unspecified atom stereocenters. The third-order valence-electron chi connectivity index (χ3n) is 2.95. The summed E-state index contributed by atoms with van der Waals surface area (Å²) in [5.41, 5.74) is 1.41. The predicted molar refractivity (Wildman–Crippen MR) is 62.3 cm³/mol. The predicted octanol–water partition coefficient (Wildman–Crippen LogP) is 3.73. The van der Waals surface area contributed by atoms with E-state index in [0.717, 1.165) is 5.75 Å². The van der Waals surface area contributed by atoms with Gasteiger partial charge in [0.2, 0.25) is 0 Å². The number of rotatable bonds is 2. The molecule has 0 spiro atoms. The number of ether oxygens (including phenoxy) is 1. The van der Waals surface area contributed by atoms with Crippen molar-refractivity contribution < 1.29 is 4.74 Å². The average Bonchev–Trinajstić information content (AvgIpc) is 2.65. The van der Waals surface area contributed by atoms with Crippen molar-refractivity contribution in [3.8, 4) is 5.75 Å². The third kappa shape index (κ3) is 1.95. The Morgan fingerprint density at radius 2 is 2.21 bits per heavy atom. The molecule has 0 aromatic heterocycles. The molecule has 0 radical (unpaired) electrons. The second-order valence-corrected chi connectivity index (χ2v) is 5.01. The fourth-order valence-corrected chi connectivity index (χ4v) is 3.06. The quantitative estimate of drug-likeness (QED) is 0.732. The standard InChI is InChI=1S/C12H15BrO/c1-14-10-5-2-4-9(8-10)11-6-3-7-12(11)13/h2,4-5,8,11-12H,3,6-7H2,1H3. The molecule has 1 aromatic rings. The first-order valence-corrected chi connectivity index (χ1v) is 6.01. The lowest BCUT2D eigenvalue weighted by atomic mass is 9.97. The van der Waals surface area contributed by atoms with Crippen LogP contribution in [0.4, 0.5) is 0 Å². The molecule has 0 bridgehead atoms. The molecule has 1 nitrogen and oxygen atoms in total. The highest BCUT2D eigenvalue weighted by Crippen LogP contribution is 2.39. The summed E-state index contributed by atoms with van der Waals surface area (Å²) in [6.07, 6.45) is 3.92. The highest BCUT2D eigenvalue weighted by atomic mass is 79.9. The number of hydrogen-bond acceptors (Lipinski definition) is 1. The Bertz CT molecular complexity index is 311. The second-order valence-electron chi connectivity index (χ2n) is 3.83. The second kappa shape index (κ2) is 4.35. The largest absolute Gasteiger partial charge is 0.497 e. The van der Waals surface area contributed by atoms with Gasteiger partial charge in [0.15, 0.2) is 0 Å². The van der Waals surface area contributed by atoms with E-state index >= 15 is 0 Å². The lowest BCUT2D eigenvalue weighted by Gasteiger charge is -2.14. The first-order valence-electron chi connectivity index (χ1n) is 5.09. The Labute approximate surface area is 93.6 Å². The molecule has 2 heteroatoms. The molecule has 1 saturated carbocycles. The van der Waals surface area contributed by atoms with Crippen LogP contribution in [0.2, 0.25) is 0 Å². The van der Waals surface area contributed by atoms with Crippen molar-refractivity contribution in [3.05, 3.63) is 29.8 Å². The van der Waals surface area contributed by atoms with Crippen LogP contribution in [-0.2, 0) is 0 Å². The van der Waals surface area contributed by atoms with Crippen LogP contribution in [-0.4, -0.2) is 11.9 Å². The van der Waals surface area contributed by atoms with E-state index in [2.05, 4.69) is 34.1 Å². The summed E-state index contributed by atoms with van der Waals surface area (Å²) in [4.78, 5) is 0.648. The summed E-state index contributed by atoms with van der Waals surface area (Å²) < 4.78 is 5.23. The van der Waals surface area contributed by atoms with E-state index in [4.69, 9.17) is 4.74 Å². The molecule has 2 atom stereocenters. The monoisotopic (exact) mass is 254 g/mol. The van der Waals surface area contributed by atoms with Crippen LogP contribution in [0.5, 0.6) is 5.75 Å². The molecule has 0 saturated heterocycles. The van der Waals surface area contributed by atoms with Gasteiger partial charge in [0.25, 0.3) is 0 Å². The Balaban J connectivity index is 2.22. The van der Waals surface area contributed by atoms with Gasteiger partial charge in [0.1, 0.15) is 5.75 Å². The summed E-state index contributed by atoms with van der Waals surface area (Å²) in [5, 5.41) is 0. The molecule has 0 heterocycles. The third-order valence-corrected chi connectivity index (χ3v) is 4.05. The van der Waals surface area contributed by atoms with E-state index in [-0.39, 0.29) is 0 Å². The minimum absolute atomic E-state index is 0.648. The van der Waals surface area contributed by atoms with Gasteiger partial charge >= 0.3 is 0 Å². The fourth-order valence-electron chi connectivity index (χ4n) is 2.16. The van der Waals surface area contributed by atoms with Gasteiger partial charge in [-0.1, -0.05) is 34.5 Å². The van der Waals surface area contributed by atoms with Crippen LogP contribution in [0.3, 0.4) is 0 Å². The van der Waals surface area contributed by atoms with E-state index in [9.17, 15) is 0 Å². The minimum Gasteiger partial charge on any atom is -0.497 e. The molecule has 1 fully saturated rings. The molecule has 1 aliphatic rings. The number of hydrogen-bond donors (Lipinski definition) is 0. The van der Waals surface area contributed by atoms with Gasteiger partial charge < -0.3 is 4.74 Å². The van der Waals surface area contributed by atoms with Crippen molar-refractivity contribution in [3.63, 3.8) is 0 Å². The van der Waals surface area contributed by atoms with Gasteiger partial charge in [-0.3, -0.25) is 0 Å². The van der Waals surface area contributed by atoms with Gasteiger partial charge in [-0.25, -0.2) is 0 Å². The zero-order valence-electron chi connectivity index (χ0n) is 8.37. The molecule has 1 aromatic carbocycles. The van der Waals surface area contributed by atoms with Gasteiger partial charge in [-0.15, -0.1) is 0 Å². The Morgan fingerprint density at radius 1 is 1.36 bits per heavy atom. The van der Waals surface area contributed by atoms with Crippen molar-refractivity contribution in [2.75, 3.05) is 7.11 Å². The van der Waals surface area contributed by atoms with E-state index in [1.807, 2.05) is 6.07 Å². The zero-order valence-corrected chi connectivity index (χ0v) is 9.96. The zero-order chi connectivity index (χ0) is 9.97. The number of benzene rings is 1. The van der Waals surface area contributed by atoms with Crippen molar-refractivity contribution in [1.82, 2.24) is 0 Å². The van der Waals surface area contributed by atoms with Gasteiger partial charge in [0, 0.05) is 4.83 Å². The molecule has 0 N–H and O–H groups in total. The molecular formula is C12H15BrO. The topological polar surface area (TPSA) is 9.23 Å². The summed E-state index contributed by atoms with van der Waals surface area (Å²) in [6, 6.07) is 8.44. The van der Waals surface area contributed by atoms with Crippen LogP contribution in [0, 0.1) is 0 Å². The number of halogens is 1. The molecule has 0 aliphatic heterocycles. The maximum atomic E-state index is 5.23. The van der Waals surface area contributed by atoms with Gasteiger partial charge in [-0.2, -0.15) is 0 Å². The molecule has 76 valence electrons. The first-order chi connectivity index (χ1) is 6.81. The molecule has 2 rings (SSSR count). The van der Waals surface area contributed by atoms with Crippen LogP contribution in [0.25, 0.3) is 0 Å². The van der Waals surface area contributed by atoms with Crippen LogP contribution in [0.15, 0.2) is 24.3 Å². The van der Waals surface area contributed by atoms with E-state index in [0.29, 0.717) is 10.7 Å². The van der Waals surface area contributed by atoms with E-state index in [1.165, 1.54) is 24.8 Å². The maximum absolute atomic E-state index is 5.23. The molecule has 0 amide bonds. The van der Waals surface area contributed by atoms with E-state index < -0.39 is 0 Å². The lowest BCUT2D eigenvalue weighted by Crippen LogP contribution is -2.04. The smallest absolute Gasteiger partial charge is 0.119 e. The van der Waals surface area contributed by atoms with Crippen LogP contribution in [0.1, 0.15) is 30.7 Å². The van der Waals surface area contributed by atoms with Crippen LogP contribution >= 0.6 is 15.9 Å². The van der Waals surface area contributed by atoms with Gasteiger partial charge in [0.05, 0.1) is 7.11 Å². The summed E-state index contributed by atoms with van der Waals surface area (Å²) >= 11 is 3.75. The summed E-state index contributed by atoms with van der Waals surface area (Å²) in [5.74, 6) is 1.64. The van der Waals surface area contributed by atoms with E-state index in [1.54, 1.807) is 7.11 Å². The SMILES string of the molecule is COc1cccc(C2CCCC2Br)c1. The average molecular weight is 255 g/mol. The summed E-state index contributed by atoms with van der Waals surface area (Å²) in [6.45, 7) is 0.